The second-order valence-corrected chi connectivity index (χ2v) is 3.37. The van der Waals surface area contributed by atoms with Crippen molar-refractivity contribution >= 4 is 0 Å². The van der Waals surface area contributed by atoms with E-state index >= 15 is 0 Å². The smallest absolute Gasteiger partial charge is 0.123 e. The molecule has 3 heteroatoms. The maximum atomic E-state index is 9.85. The zero-order chi connectivity index (χ0) is 9.84. The number of aliphatic hydroxyl groups excluding tert-OH is 1. The fourth-order valence-electron chi connectivity index (χ4n) is 1.70. The molecule has 3 nitrogen and oxygen atoms in total. The van der Waals surface area contributed by atoms with Crippen LogP contribution in [0.4, 0.5) is 0 Å². The lowest BCUT2D eigenvalue weighted by atomic mass is 10.0. The molecule has 13 heavy (non-hydrogen) atoms. The first-order valence-corrected chi connectivity index (χ1v) is 4.95. The van der Waals surface area contributed by atoms with Crippen LogP contribution in [0.3, 0.4) is 0 Å². The molecule has 3 atom stereocenters. The molecule has 1 heterocycles. The van der Waals surface area contributed by atoms with Crippen LogP contribution in [0.25, 0.3) is 0 Å². The summed E-state index contributed by atoms with van der Waals surface area (Å²) in [5.41, 5.74) is 0. The van der Waals surface area contributed by atoms with Gasteiger partial charge in [-0.05, 0) is 26.1 Å². The molecule has 0 bridgehead atoms. The lowest BCUT2D eigenvalue weighted by Gasteiger charge is -2.36. The standard InChI is InChI=1S/C10H19NO2/c1-4-11(5-2)9-6-7-13-8(3)10(9)12/h6-10,12H,4-5H2,1-3H3. The van der Waals surface area contributed by atoms with E-state index in [2.05, 4.69) is 18.7 Å². The van der Waals surface area contributed by atoms with Gasteiger partial charge in [0.05, 0.1) is 12.3 Å². The zero-order valence-corrected chi connectivity index (χ0v) is 8.60. The number of ether oxygens (including phenoxy) is 1. The Bertz CT molecular complexity index is 178. The van der Waals surface area contributed by atoms with Gasteiger partial charge in [-0.25, -0.2) is 0 Å². The molecule has 0 saturated carbocycles. The van der Waals surface area contributed by atoms with Gasteiger partial charge in [0, 0.05) is 0 Å². The van der Waals surface area contributed by atoms with Crippen LogP contribution in [-0.4, -0.2) is 41.3 Å². The lowest BCUT2D eigenvalue weighted by Crippen LogP contribution is -2.48. The van der Waals surface area contributed by atoms with Gasteiger partial charge in [-0.1, -0.05) is 13.8 Å². The molecule has 0 aromatic carbocycles. The van der Waals surface area contributed by atoms with E-state index in [1.165, 1.54) is 0 Å². The van der Waals surface area contributed by atoms with Gasteiger partial charge < -0.3 is 9.84 Å². The molecule has 0 spiro atoms. The highest BCUT2D eigenvalue weighted by Gasteiger charge is 2.29. The van der Waals surface area contributed by atoms with E-state index in [9.17, 15) is 5.11 Å². The SMILES string of the molecule is CCN(CC)C1C=COC(C)C1O. The van der Waals surface area contributed by atoms with Crippen molar-refractivity contribution < 1.29 is 9.84 Å². The van der Waals surface area contributed by atoms with E-state index in [-0.39, 0.29) is 12.1 Å². The molecule has 0 saturated heterocycles. The Kier molecular flexibility index (Phi) is 3.75. The average molecular weight is 185 g/mol. The highest BCUT2D eigenvalue weighted by molar-refractivity contribution is 5.01. The minimum atomic E-state index is -0.412. The topological polar surface area (TPSA) is 32.7 Å². The summed E-state index contributed by atoms with van der Waals surface area (Å²) in [6.07, 6.45) is 3.11. The monoisotopic (exact) mass is 185 g/mol. The summed E-state index contributed by atoms with van der Waals surface area (Å²) >= 11 is 0. The highest BCUT2D eigenvalue weighted by Crippen LogP contribution is 2.16. The molecule has 1 aliphatic rings. The summed E-state index contributed by atoms with van der Waals surface area (Å²) in [6, 6.07) is 0.110. The van der Waals surface area contributed by atoms with Crippen molar-refractivity contribution in [2.24, 2.45) is 0 Å². The van der Waals surface area contributed by atoms with Crippen molar-refractivity contribution in [2.45, 2.75) is 39.0 Å². The van der Waals surface area contributed by atoms with Crippen LogP contribution in [0.1, 0.15) is 20.8 Å². The first-order valence-electron chi connectivity index (χ1n) is 4.95. The third kappa shape index (κ3) is 2.23. The number of hydrogen-bond donors (Lipinski definition) is 1. The Hall–Kier alpha value is -0.540. The molecule has 3 unspecified atom stereocenters. The van der Waals surface area contributed by atoms with Crippen molar-refractivity contribution in [3.63, 3.8) is 0 Å². The van der Waals surface area contributed by atoms with Crippen LogP contribution < -0.4 is 0 Å². The summed E-state index contributed by atoms with van der Waals surface area (Å²) in [6.45, 7) is 8.00. The van der Waals surface area contributed by atoms with Gasteiger partial charge in [0.2, 0.25) is 0 Å². The average Bonchev–Trinajstić information content (AvgIpc) is 2.14. The normalized spacial score (nSPS) is 33.5. The van der Waals surface area contributed by atoms with Crippen molar-refractivity contribution in [3.05, 3.63) is 12.3 Å². The number of aliphatic hydroxyl groups is 1. The van der Waals surface area contributed by atoms with Crippen LogP contribution in [0.2, 0.25) is 0 Å². The predicted molar refractivity (Wildman–Crippen MR) is 52.4 cm³/mol. The summed E-state index contributed by atoms with van der Waals surface area (Å²) in [7, 11) is 0. The van der Waals surface area contributed by atoms with E-state index in [0.717, 1.165) is 13.1 Å². The van der Waals surface area contributed by atoms with Crippen molar-refractivity contribution in [1.29, 1.82) is 0 Å². The summed E-state index contributed by atoms with van der Waals surface area (Å²) < 4.78 is 5.20. The quantitative estimate of drug-likeness (QED) is 0.711. The summed E-state index contributed by atoms with van der Waals surface area (Å²) in [5, 5.41) is 9.85. The van der Waals surface area contributed by atoms with E-state index in [0.29, 0.717) is 0 Å². The van der Waals surface area contributed by atoms with Gasteiger partial charge in [-0.3, -0.25) is 4.90 Å². The van der Waals surface area contributed by atoms with Crippen molar-refractivity contribution in [1.82, 2.24) is 4.90 Å². The van der Waals surface area contributed by atoms with E-state index in [1.54, 1.807) is 6.26 Å². The highest BCUT2D eigenvalue weighted by atomic mass is 16.5. The first-order chi connectivity index (χ1) is 6.20. The summed E-state index contributed by atoms with van der Waals surface area (Å²) in [5.74, 6) is 0. The van der Waals surface area contributed by atoms with Crippen LogP contribution in [-0.2, 0) is 4.74 Å². The van der Waals surface area contributed by atoms with Gasteiger partial charge in [0.15, 0.2) is 0 Å². The summed E-state index contributed by atoms with van der Waals surface area (Å²) in [4.78, 5) is 2.22. The molecule has 1 aliphatic heterocycles. The van der Waals surface area contributed by atoms with Crippen LogP contribution in [0, 0.1) is 0 Å². The Morgan fingerprint density at radius 2 is 2.00 bits per heavy atom. The largest absolute Gasteiger partial charge is 0.496 e. The Labute approximate surface area is 80.0 Å². The molecule has 0 aromatic rings. The third-order valence-corrected chi connectivity index (χ3v) is 2.63. The van der Waals surface area contributed by atoms with Gasteiger partial charge >= 0.3 is 0 Å². The predicted octanol–water partition coefficient (Wildman–Crippen LogP) is 0.990. The van der Waals surface area contributed by atoms with E-state index in [4.69, 9.17) is 4.74 Å². The molecule has 1 N–H and O–H groups in total. The molecular weight excluding hydrogens is 166 g/mol. The molecule has 0 aromatic heterocycles. The van der Waals surface area contributed by atoms with Crippen LogP contribution >= 0.6 is 0 Å². The Morgan fingerprint density at radius 1 is 1.38 bits per heavy atom. The number of nitrogens with zero attached hydrogens (tertiary/aromatic N) is 1. The Balaban J connectivity index is 2.66. The Morgan fingerprint density at radius 3 is 2.54 bits per heavy atom. The van der Waals surface area contributed by atoms with Gasteiger partial charge in [-0.2, -0.15) is 0 Å². The molecule has 0 amide bonds. The van der Waals surface area contributed by atoms with Crippen molar-refractivity contribution in [3.8, 4) is 0 Å². The number of rotatable bonds is 3. The zero-order valence-electron chi connectivity index (χ0n) is 8.60. The molecule has 0 aliphatic carbocycles. The minimum Gasteiger partial charge on any atom is -0.496 e. The molecule has 0 fully saturated rings. The first kappa shape index (κ1) is 10.5. The second-order valence-electron chi connectivity index (χ2n) is 3.37. The van der Waals surface area contributed by atoms with Crippen LogP contribution in [0.5, 0.6) is 0 Å². The number of likely N-dealkylation sites (N-methyl/N-ethyl adjacent to an activating group) is 1. The third-order valence-electron chi connectivity index (χ3n) is 2.63. The number of hydrogen-bond acceptors (Lipinski definition) is 3. The van der Waals surface area contributed by atoms with Gasteiger partial charge in [-0.15, -0.1) is 0 Å². The van der Waals surface area contributed by atoms with Crippen molar-refractivity contribution in [2.75, 3.05) is 13.1 Å². The molecule has 1 rings (SSSR count). The minimum absolute atomic E-state index is 0.101. The second kappa shape index (κ2) is 4.63. The van der Waals surface area contributed by atoms with Gasteiger partial charge in [0.25, 0.3) is 0 Å². The van der Waals surface area contributed by atoms with E-state index in [1.807, 2.05) is 13.0 Å². The van der Waals surface area contributed by atoms with E-state index < -0.39 is 6.10 Å². The van der Waals surface area contributed by atoms with Crippen LogP contribution in [0.15, 0.2) is 12.3 Å². The fraction of sp³-hybridized carbons (Fsp3) is 0.800. The maximum absolute atomic E-state index is 9.85. The maximum Gasteiger partial charge on any atom is 0.123 e. The fourth-order valence-corrected chi connectivity index (χ4v) is 1.70. The molecular formula is C10H19NO2. The molecule has 0 radical (unpaired) electrons. The lowest BCUT2D eigenvalue weighted by molar-refractivity contribution is -0.0355. The van der Waals surface area contributed by atoms with Gasteiger partial charge in [0.1, 0.15) is 12.2 Å². The molecule has 76 valence electrons.